The molecule has 1 aliphatic heterocycles. The molecule has 1 heterocycles. The normalized spacial score (nSPS) is 34.0. The first-order valence-electron chi connectivity index (χ1n) is 7.03. The van der Waals surface area contributed by atoms with Crippen LogP contribution < -0.4 is 10.6 Å². The number of carbonyl (C=O) groups is 1. The molecule has 5 heteroatoms. The smallest absolute Gasteiger partial charge is 0.233 e. The minimum absolute atomic E-state index is 0.0615. The molecule has 0 bridgehead atoms. The van der Waals surface area contributed by atoms with Crippen molar-refractivity contribution in [2.24, 2.45) is 11.1 Å². The highest BCUT2D eigenvalue weighted by Crippen LogP contribution is 2.45. The minimum atomic E-state index is -0.506. The summed E-state index contributed by atoms with van der Waals surface area (Å²) in [6, 6.07) is 5.66. The summed E-state index contributed by atoms with van der Waals surface area (Å²) in [6.45, 7) is 0.632. The van der Waals surface area contributed by atoms with Gasteiger partial charge in [0.2, 0.25) is 5.91 Å². The molecule has 1 saturated heterocycles. The monoisotopic (exact) mass is 278 g/mol. The number of aliphatic hydroxyl groups is 1. The van der Waals surface area contributed by atoms with E-state index in [1.807, 2.05) is 0 Å². The molecule has 1 aliphatic carbocycles. The SMILES string of the molecule is NC1CC2(CCC1O)CCN(c1ccc(F)cc1)C2=O. The first kappa shape index (κ1) is 13.5. The van der Waals surface area contributed by atoms with Crippen LogP contribution in [0.2, 0.25) is 0 Å². The van der Waals surface area contributed by atoms with Gasteiger partial charge in [0.1, 0.15) is 5.82 Å². The number of hydrogen-bond donors (Lipinski definition) is 2. The Kier molecular flexibility index (Phi) is 3.26. The standard InChI is InChI=1S/C15H19FN2O2/c16-10-1-3-11(4-2-10)18-8-7-15(14(18)20)6-5-13(19)12(17)9-15/h1-4,12-13,19H,5-9,17H2. The lowest BCUT2D eigenvalue weighted by atomic mass is 9.70. The predicted molar refractivity (Wildman–Crippen MR) is 73.6 cm³/mol. The van der Waals surface area contributed by atoms with Crippen molar-refractivity contribution in [1.82, 2.24) is 0 Å². The fraction of sp³-hybridized carbons (Fsp3) is 0.533. The van der Waals surface area contributed by atoms with E-state index < -0.39 is 11.5 Å². The van der Waals surface area contributed by atoms with E-state index in [0.29, 0.717) is 25.8 Å². The van der Waals surface area contributed by atoms with Crippen molar-refractivity contribution in [2.45, 2.75) is 37.8 Å². The molecule has 3 unspecified atom stereocenters. The van der Waals surface area contributed by atoms with Crippen LogP contribution in [-0.4, -0.2) is 29.7 Å². The van der Waals surface area contributed by atoms with Gasteiger partial charge in [0.15, 0.2) is 0 Å². The lowest BCUT2D eigenvalue weighted by Crippen LogP contribution is -2.48. The summed E-state index contributed by atoms with van der Waals surface area (Å²) in [6.07, 6.45) is 2.03. The van der Waals surface area contributed by atoms with Gasteiger partial charge in [0.25, 0.3) is 0 Å². The summed E-state index contributed by atoms with van der Waals surface area (Å²) in [4.78, 5) is 14.4. The molecule has 0 radical (unpaired) electrons. The van der Waals surface area contributed by atoms with Crippen molar-refractivity contribution in [3.05, 3.63) is 30.1 Å². The Bertz CT molecular complexity index is 519. The molecule has 0 aromatic heterocycles. The van der Waals surface area contributed by atoms with Gasteiger partial charge in [-0.3, -0.25) is 4.79 Å². The molecule has 1 saturated carbocycles. The second-order valence-corrected chi connectivity index (χ2v) is 5.94. The quantitative estimate of drug-likeness (QED) is 0.816. The minimum Gasteiger partial charge on any atom is -0.392 e. The fourth-order valence-electron chi connectivity index (χ4n) is 3.44. The van der Waals surface area contributed by atoms with Gasteiger partial charge in [-0.15, -0.1) is 0 Å². The van der Waals surface area contributed by atoms with E-state index in [0.717, 1.165) is 12.1 Å². The van der Waals surface area contributed by atoms with Crippen molar-refractivity contribution in [2.75, 3.05) is 11.4 Å². The van der Waals surface area contributed by atoms with Crippen molar-refractivity contribution < 1.29 is 14.3 Å². The van der Waals surface area contributed by atoms with Crippen LogP contribution in [0, 0.1) is 11.2 Å². The molecule has 108 valence electrons. The average Bonchev–Trinajstić information content (AvgIpc) is 2.74. The third-order valence-corrected chi connectivity index (χ3v) is 4.69. The number of anilines is 1. The molecule has 1 aromatic carbocycles. The summed E-state index contributed by atoms with van der Waals surface area (Å²) >= 11 is 0. The topological polar surface area (TPSA) is 66.6 Å². The van der Waals surface area contributed by atoms with Crippen molar-refractivity contribution in [3.63, 3.8) is 0 Å². The zero-order valence-electron chi connectivity index (χ0n) is 11.3. The van der Waals surface area contributed by atoms with Crippen LogP contribution in [0.5, 0.6) is 0 Å². The molecule has 1 spiro atoms. The van der Waals surface area contributed by atoms with Crippen LogP contribution in [0.3, 0.4) is 0 Å². The number of nitrogens with zero attached hydrogens (tertiary/aromatic N) is 1. The second kappa shape index (κ2) is 4.82. The molecular weight excluding hydrogens is 259 g/mol. The number of rotatable bonds is 1. The Balaban J connectivity index is 1.82. The number of halogens is 1. The lowest BCUT2D eigenvalue weighted by molar-refractivity contribution is -0.128. The summed E-state index contributed by atoms with van der Waals surface area (Å²) in [5.41, 5.74) is 6.22. The third kappa shape index (κ3) is 2.11. The van der Waals surface area contributed by atoms with Gasteiger partial charge >= 0.3 is 0 Å². The van der Waals surface area contributed by atoms with Gasteiger partial charge in [0, 0.05) is 18.3 Å². The zero-order valence-corrected chi connectivity index (χ0v) is 11.3. The third-order valence-electron chi connectivity index (χ3n) is 4.69. The Morgan fingerprint density at radius 2 is 2.00 bits per heavy atom. The van der Waals surface area contributed by atoms with Crippen LogP contribution in [0.25, 0.3) is 0 Å². The van der Waals surface area contributed by atoms with Gasteiger partial charge in [0.05, 0.1) is 11.5 Å². The maximum Gasteiger partial charge on any atom is 0.233 e. The van der Waals surface area contributed by atoms with E-state index in [9.17, 15) is 14.3 Å². The maximum atomic E-state index is 13.0. The lowest BCUT2D eigenvalue weighted by Gasteiger charge is -2.37. The molecule has 1 aromatic rings. The summed E-state index contributed by atoms with van der Waals surface area (Å²) in [5, 5.41) is 9.73. The molecule has 3 atom stereocenters. The van der Waals surface area contributed by atoms with Crippen LogP contribution in [0.15, 0.2) is 24.3 Å². The van der Waals surface area contributed by atoms with E-state index in [1.165, 1.54) is 12.1 Å². The van der Waals surface area contributed by atoms with Gasteiger partial charge in [-0.05, 0) is 49.9 Å². The number of benzene rings is 1. The Hall–Kier alpha value is -1.46. The van der Waals surface area contributed by atoms with Gasteiger partial charge in [-0.25, -0.2) is 4.39 Å². The first-order chi connectivity index (χ1) is 9.52. The highest BCUT2D eigenvalue weighted by molar-refractivity contribution is 6.00. The average molecular weight is 278 g/mol. The van der Waals surface area contributed by atoms with E-state index >= 15 is 0 Å². The largest absolute Gasteiger partial charge is 0.392 e. The Labute approximate surface area is 117 Å². The summed E-state index contributed by atoms with van der Waals surface area (Å²) < 4.78 is 13.0. The van der Waals surface area contributed by atoms with Crippen LogP contribution in [-0.2, 0) is 4.79 Å². The number of nitrogens with two attached hydrogens (primary N) is 1. The second-order valence-electron chi connectivity index (χ2n) is 5.94. The zero-order chi connectivity index (χ0) is 14.3. The Morgan fingerprint density at radius 3 is 2.65 bits per heavy atom. The van der Waals surface area contributed by atoms with Gasteiger partial charge in [-0.2, -0.15) is 0 Å². The predicted octanol–water partition coefficient (Wildman–Crippen LogP) is 1.42. The number of hydrogen-bond acceptors (Lipinski definition) is 3. The number of carbonyl (C=O) groups excluding carboxylic acids is 1. The van der Waals surface area contributed by atoms with Crippen LogP contribution in [0.4, 0.5) is 10.1 Å². The number of amides is 1. The van der Waals surface area contributed by atoms with Crippen LogP contribution >= 0.6 is 0 Å². The molecule has 1 amide bonds. The molecule has 20 heavy (non-hydrogen) atoms. The van der Waals surface area contributed by atoms with Gasteiger partial charge in [-0.1, -0.05) is 0 Å². The van der Waals surface area contributed by atoms with Crippen molar-refractivity contribution >= 4 is 11.6 Å². The molecule has 2 aliphatic rings. The molecule has 2 fully saturated rings. The molecule has 3 rings (SSSR count). The van der Waals surface area contributed by atoms with E-state index in [1.54, 1.807) is 17.0 Å². The molecular formula is C15H19FN2O2. The van der Waals surface area contributed by atoms with Crippen molar-refractivity contribution in [3.8, 4) is 0 Å². The maximum absolute atomic E-state index is 13.0. The van der Waals surface area contributed by atoms with Crippen molar-refractivity contribution in [1.29, 1.82) is 0 Å². The Morgan fingerprint density at radius 1 is 1.30 bits per heavy atom. The fourth-order valence-corrected chi connectivity index (χ4v) is 3.44. The van der Waals surface area contributed by atoms with E-state index in [-0.39, 0.29) is 17.8 Å². The van der Waals surface area contributed by atoms with Crippen LogP contribution in [0.1, 0.15) is 25.7 Å². The number of aliphatic hydroxyl groups excluding tert-OH is 1. The van der Waals surface area contributed by atoms with E-state index in [4.69, 9.17) is 5.73 Å². The van der Waals surface area contributed by atoms with Gasteiger partial charge < -0.3 is 15.7 Å². The summed E-state index contributed by atoms with van der Waals surface area (Å²) in [5.74, 6) is -0.246. The molecule has 4 nitrogen and oxygen atoms in total. The highest BCUT2D eigenvalue weighted by Gasteiger charge is 2.50. The summed E-state index contributed by atoms with van der Waals surface area (Å²) in [7, 11) is 0. The first-order valence-corrected chi connectivity index (χ1v) is 7.03. The van der Waals surface area contributed by atoms with E-state index in [2.05, 4.69) is 0 Å². The molecule has 3 N–H and O–H groups in total. The highest BCUT2D eigenvalue weighted by atomic mass is 19.1.